The van der Waals surface area contributed by atoms with Crippen molar-refractivity contribution >= 4 is 12.6 Å². The van der Waals surface area contributed by atoms with Gasteiger partial charge in [-0.1, -0.05) is 60.2 Å². The zero-order valence-corrected chi connectivity index (χ0v) is 13.4. The lowest BCUT2D eigenvalue weighted by molar-refractivity contribution is 0.439. The molecule has 0 aliphatic rings. The molecule has 0 aromatic heterocycles. The summed E-state index contributed by atoms with van der Waals surface area (Å²) in [6, 6.07) is 26.0. The van der Waals surface area contributed by atoms with E-state index in [2.05, 4.69) is 6.92 Å². The maximum Gasteiger partial charge on any atom is 0.632 e. The minimum atomic E-state index is -0.485. The Morgan fingerprint density at radius 3 is 2.00 bits per heavy atom. The molecule has 3 rings (SSSR count). The highest BCUT2D eigenvalue weighted by Crippen LogP contribution is 2.17. The standard InChI is InChI=1S/C20H19BO2/c1-16-11-13-19(14-12-16)22-21(18-8-4-3-5-9-18)23-20-10-6-7-17(2)15-20/h3-15H,1-2H3. The maximum absolute atomic E-state index is 6.09. The van der Waals surface area contributed by atoms with Gasteiger partial charge in [0.15, 0.2) is 0 Å². The van der Waals surface area contributed by atoms with Gasteiger partial charge in [-0.05, 0) is 43.7 Å². The van der Waals surface area contributed by atoms with E-state index < -0.39 is 7.12 Å². The van der Waals surface area contributed by atoms with Gasteiger partial charge in [0.05, 0.1) is 0 Å². The largest absolute Gasteiger partial charge is 0.632 e. The number of rotatable bonds is 5. The second kappa shape index (κ2) is 7.06. The van der Waals surface area contributed by atoms with Crippen LogP contribution < -0.4 is 14.8 Å². The SMILES string of the molecule is Cc1ccc(OB(Oc2cccc(C)c2)c2ccccc2)cc1. The molecule has 0 atom stereocenters. The second-order valence-corrected chi connectivity index (χ2v) is 5.61. The molecular formula is C20H19BO2. The van der Waals surface area contributed by atoms with Crippen LogP contribution in [-0.4, -0.2) is 7.12 Å². The normalized spacial score (nSPS) is 10.2. The monoisotopic (exact) mass is 302 g/mol. The number of aryl methyl sites for hydroxylation is 2. The van der Waals surface area contributed by atoms with Gasteiger partial charge in [-0.25, -0.2) is 0 Å². The van der Waals surface area contributed by atoms with Crippen LogP contribution in [0.4, 0.5) is 0 Å². The molecule has 0 aliphatic carbocycles. The van der Waals surface area contributed by atoms with Crippen molar-refractivity contribution in [1.82, 2.24) is 0 Å². The van der Waals surface area contributed by atoms with Crippen LogP contribution in [0.2, 0.25) is 0 Å². The van der Waals surface area contributed by atoms with E-state index >= 15 is 0 Å². The molecule has 2 nitrogen and oxygen atoms in total. The Bertz CT molecular complexity index is 754. The summed E-state index contributed by atoms with van der Waals surface area (Å²) in [4.78, 5) is 0. The minimum absolute atomic E-state index is 0.485. The predicted molar refractivity (Wildman–Crippen MR) is 95.4 cm³/mol. The number of benzene rings is 3. The summed E-state index contributed by atoms with van der Waals surface area (Å²) in [7, 11) is -0.485. The van der Waals surface area contributed by atoms with Gasteiger partial charge >= 0.3 is 7.12 Å². The summed E-state index contributed by atoms with van der Waals surface area (Å²) in [5.41, 5.74) is 3.34. The van der Waals surface area contributed by atoms with E-state index in [1.165, 1.54) is 5.56 Å². The van der Waals surface area contributed by atoms with E-state index in [1.54, 1.807) is 0 Å². The van der Waals surface area contributed by atoms with Crippen LogP contribution >= 0.6 is 0 Å². The highest BCUT2D eigenvalue weighted by atomic mass is 16.6. The van der Waals surface area contributed by atoms with Crippen molar-refractivity contribution in [2.24, 2.45) is 0 Å². The highest BCUT2D eigenvalue weighted by Gasteiger charge is 2.26. The average molecular weight is 302 g/mol. The average Bonchev–Trinajstić information content (AvgIpc) is 2.57. The Kier molecular flexibility index (Phi) is 4.67. The van der Waals surface area contributed by atoms with Gasteiger partial charge in [0.25, 0.3) is 0 Å². The molecule has 0 spiro atoms. The van der Waals surface area contributed by atoms with Crippen LogP contribution in [-0.2, 0) is 0 Å². The van der Waals surface area contributed by atoms with Gasteiger partial charge in [0.2, 0.25) is 0 Å². The molecule has 0 fully saturated rings. The van der Waals surface area contributed by atoms with E-state index in [0.717, 1.165) is 22.5 Å². The van der Waals surface area contributed by atoms with Gasteiger partial charge in [0, 0.05) is 5.46 Å². The lowest BCUT2D eigenvalue weighted by atomic mass is 9.78. The van der Waals surface area contributed by atoms with E-state index in [0.29, 0.717) is 0 Å². The van der Waals surface area contributed by atoms with Gasteiger partial charge in [0.1, 0.15) is 11.5 Å². The van der Waals surface area contributed by atoms with Crippen molar-refractivity contribution in [2.45, 2.75) is 13.8 Å². The zero-order chi connectivity index (χ0) is 16.1. The van der Waals surface area contributed by atoms with Crippen molar-refractivity contribution in [3.05, 3.63) is 90.0 Å². The van der Waals surface area contributed by atoms with Gasteiger partial charge in [-0.2, -0.15) is 0 Å². The summed E-state index contributed by atoms with van der Waals surface area (Å²) >= 11 is 0. The van der Waals surface area contributed by atoms with Crippen LogP contribution in [0.3, 0.4) is 0 Å². The van der Waals surface area contributed by atoms with Crippen LogP contribution in [0.25, 0.3) is 0 Å². The van der Waals surface area contributed by atoms with Gasteiger partial charge in [-0.15, -0.1) is 0 Å². The van der Waals surface area contributed by atoms with E-state index in [4.69, 9.17) is 9.31 Å². The van der Waals surface area contributed by atoms with E-state index in [1.807, 2.05) is 85.8 Å². The molecule has 0 N–H and O–H groups in total. The Morgan fingerprint density at radius 2 is 1.30 bits per heavy atom. The third-order valence-electron chi connectivity index (χ3n) is 3.57. The lowest BCUT2D eigenvalue weighted by Gasteiger charge is -2.17. The smallest absolute Gasteiger partial charge is 0.522 e. The Hall–Kier alpha value is -2.68. The first-order valence-electron chi connectivity index (χ1n) is 7.72. The first kappa shape index (κ1) is 15.2. The van der Waals surface area contributed by atoms with Crippen LogP contribution in [0.1, 0.15) is 11.1 Å². The minimum Gasteiger partial charge on any atom is -0.522 e. The van der Waals surface area contributed by atoms with Crippen molar-refractivity contribution in [3.63, 3.8) is 0 Å². The van der Waals surface area contributed by atoms with Gasteiger partial charge < -0.3 is 9.31 Å². The van der Waals surface area contributed by atoms with Crippen LogP contribution in [0, 0.1) is 13.8 Å². The fourth-order valence-electron chi connectivity index (χ4n) is 2.32. The molecule has 3 aromatic rings. The van der Waals surface area contributed by atoms with Crippen molar-refractivity contribution in [3.8, 4) is 11.5 Å². The fourth-order valence-corrected chi connectivity index (χ4v) is 2.32. The molecule has 0 aliphatic heterocycles. The lowest BCUT2D eigenvalue weighted by Crippen LogP contribution is -2.42. The first-order valence-corrected chi connectivity index (χ1v) is 7.72. The second-order valence-electron chi connectivity index (χ2n) is 5.61. The summed E-state index contributed by atoms with van der Waals surface area (Å²) in [5.74, 6) is 1.59. The highest BCUT2D eigenvalue weighted by molar-refractivity contribution is 6.62. The van der Waals surface area contributed by atoms with Crippen molar-refractivity contribution in [1.29, 1.82) is 0 Å². The zero-order valence-electron chi connectivity index (χ0n) is 13.4. The van der Waals surface area contributed by atoms with Crippen LogP contribution in [0.5, 0.6) is 11.5 Å². The Morgan fingerprint density at radius 1 is 0.609 bits per heavy atom. The number of hydrogen-bond donors (Lipinski definition) is 0. The molecule has 0 amide bonds. The topological polar surface area (TPSA) is 18.5 Å². The predicted octanol–water partition coefficient (Wildman–Crippen LogP) is 4.16. The molecule has 0 bridgehead atoms. The molecule has 3 heteroatoms. The molecule has 0 heterocycles. The summed E-state index contributed by atoms with van der Waals surface area (Å²) in [6.45, 7) is 4.10. The van der Waals surface area contributed by atoms with Crippen LogP contribution in [0.15, 0.2) is 78.9 Å². The quantitative estimate of drug-likeness (QED) is 0.659. The van der Waals surface area contributed by atoms with Crippen molar-refractivity contribution < 1.29 is 9.31 Å². The summed E-state index contributed by atoms with van der Waals surface area (Å²) in [5, 5.41) is 0. The molecule has 0 saturated carbocycles. The molecule has 114 valence electrons. The third kappa shape index (κ3) is 4.16. The third-order valence-corrected chi connectivity index (χ3v) is 3.57. The molecule has 0 radical (unpaired) electrons. The molecule has 23 heavy (non-hydrogen) atoms. The van der Waals surface area contributed by atoms with E-state index in [-0.39, 0.29) is 0 Å². The maximum atomic E-state index is 6.09. The first-order chi connectivity index (χ1) is 11.2. The fraction of sp³-hybridized carbons (Fsp3) is 0.100. The van der Waals surface area contributed by atoms with Gasteiger partial charge in [-0.3, -0.25) is 0 Å². The summed E-state index contributed by atoms with van der Waals surface area (Å²) in [6.07, 6.45) is 0. The Labute approximate surface area is 137 Å². The van der Waals surface area contributed by atoms with E-state index in [9.17, 15) is 0 Å². The molecule has 0 saturated heterocycles. The number of hydrogen-bond acceptors (Lipinski definition) is 2. The molecular weight excluding hydrogens is 283 g/mol. The van der Waals surface area contributed by atoms with Crippen molar-refractivity contribution in [2.75, 3.05) is 0 Å². The molecule has 3 aromatic carbocycles. The summed E-state index contributed by atoms with van der Waals surface area (Å²) < 4.78 is 12.2. The Balaban J connectivity index is 1.86. The molecule has 0 unspecified atom stereocenters.